The van der Waals surface area contributed by atoms with Gasteiger partial charge in [0.05, 0.1) is 22.9 Å². The number of hydrogen-bond donors (Lipinski definition) is 0. The zero-order valence-corrected chi connectivity index (χ0v) is 15.9. The third-order valence-electron chi connectivity index (χ3n) is 5.01. The largest absolute Gasteiger partial charge is 0.338 e. The summed E-state index contributed by atoms with van der Waals surface area (Å²) in [5.41, 5.74) is 3.71. The summed E-state index contributed by atoms with van der Waals surface area (Å²) in [4.78, 5) is 25.9. The van der Waals surface area contributed by atoms with E-state index in [1.54, 1.807) is 18.3 Å². The molecule has 1 aliphatic rings. The molecule has 1 aromatic heterocycles. The second-order valence-electron chi connectivity index (χ2n) is 7.06. The van der Waals surface area contributed by atoms with Gasteiger partial charge in [0, 0.05) is 38.8 Å². The quantitative estimate of drug-likeness (QED) is 0.659. The maximum atomic E-state index is 12.6. The van der Waals surface area contributed by atoms with E-state index in [-0.39, 0.29) is 5.91 Å². The van der Waals surface area contributed by atoms with Crippen molar-refractivity contribution < 1.29 is 4.79 Å². The topological polar surface area (TPSA) is 49.3 Å². The molecule has 0 atom stereocenters. The maximum Gasteiger partial charge on any atom is 0.246 e. The van der Waals surface area contributed by atoms with Crippen LogP contribution in [-0.2, 0) is 11.3 Å². The van der Waals surface area contributed by atoms with Crippen molar-refractivity contribution in [3.63, 3.8) is 0 Å². The molecule has 0 N–H and O–H groups in total. The van der Waals surface area contributed by atoms with Crippen LogP contribution in [0.3, 0.4) is 0 Å². The van der Waals surface area contributed by atoms with Crippen LogP contribution in [0.15, 0.2) is 66.9 Å². The molecule has 142 valence electrons. The third kappa shape index (κ3) is 4.61. The predicted octanol–water partition coefficient (Wildman–Crippen LogP) is 3.38. The molecule has 0 spiro atoms. The minimum atomic E-state index is 0.0384. The first kappa shape index (κ1) is 18.3. The van der Waals surface area contributed by atoms with E-state index in [9.17, 15) is 4.79 Å². The zero-order chi connectivity index (χ0) is 19.2. The van der Waals surface area contributed by atoms with Crippen molar-refractivity contribution in [2.45, 2.75) is 13.0 Å². The van der Waals surface area contributed by atoms with Gasteiger partial charge < -0.3 is 4.90 Å². The third-order valence-corrected chi connectivity index (χ3v) is 5.01. The smallest absolute Gasteiger partial charge is 0.246 e. The van der Waals surface area contributed by atoms with Gasteiger partial charge in [0.2, 0.25) is 5.91 Å². The molecule has 1 fully saturated rings. The van der Waals surface area contributed by atoms with E-state index in [0.717, 1.165) is 50.2 Å². The van der Waals surface area contributed by atoms with E-state index in [1.807, 2.05) is 35.2 Å². The molecule has 1 amide bonds. The van der Waals surface area contributed by atoms with E-state index in [2.05, 4.69) is 39.1 Å². The lowest BCUT2D eigenvalue weighted by Gasteiger charge is -2.21. The van der Waals surface area contributed by atoms with Gasteiger partial charge in [0.1, 0.15) is 0 Å². The Morgan fingerprint density at radius 3 is 2.57 bits per heavy atom. The Labute approximate surface area is 165 Å². The van der Waals surface area contributed by atoms with Crippen LogP contribution < -0.4 is 0 Å². The lowest BCUT2D eigenvalue weighted by atomic mass is 10.2. The summed E-state index contributed by atoms with van der Waals surface area (Å²) in [6.45, 7) is 4.38. The van der Waals surface area contributed by atoms with Crippen LogP contribution in [0, 0.1) is 0 Å². The molecule has 0 saturated carbocycles. The molecule has 5 nitrogen and oxygen atoms in total. The average molecular weight is 372 g/mol. The number of carbonyl (C=O) groups excluding carboxylic acids is 1. The van der Waals surface area contributed by atoms with E-state index < -0.39 is 0 Å². The molecular formula is C23H24N4O. The molecule has 1 saturated heterocycles. The summed E-state index contributed by atoms with van der Waals surface area (Å²) >= 11 is 0. The van der Waals surface area contributed by atoms with Crippen molar-refractivity contribution in [1.29, 1.82) is 0 Å². The van der Waals surface area contributed by atoms with Crippen LogP contribution in [-0.4, -0.2) is 51.9 Å². The molecule has 0 unspecified atom stereocenters. The molecule has 0 radical (unpaired) electrons. The van der Waals surface area contributed by atoms with Crippen LogP contribution in [0.5, 0.6) is 0 Å². The van der Waals surface area contributed by atoms with Crippen LogP contribution in [0.25, 0.3) is 17.1 Å². The maximum absolute atomic E-state index is 12.6. The molecule has 3 aromatic rings. The molecule has 0 bridgehead atoms. The van der Waals surface area contributed by atoms with Crippen LogP contribution in [0.4, 0.5) is 0 Å². The van der Waals surface area contributed by atoms with Crippen LogP contribution in [0.1, 0.15) is 17.7 Å². The normalized spacial score (nSPS) is 15.8. The van der Waals surface area contributed by atoms with Crippen LogP contribution in [0.2, 0.25) is 0 Å². The number of rotatable bonds is 4. The van der Waals surface area contributed by atoms with Crippen molar-refractivity contribution in [2.24, 2.45) is 0 Å². The summed E-state index contributed by atoms with van der Waals surface area (Å²) in [6, 6.07) is 18.2. The van der Waals surface area contributed by atoms with Gasteiger partial charge in [-0.05, 0) is 30.2 Å². The average Bonchev–Trinajstić information content (AvgIpc) is 2.98. The SMILES string of the molecule is O=C(/C=C/c1cnc2ccccc2n1)N1CCCN(Cc2ccccc2)CC1. The first-order chi connectivity index (χ1) is 13.8. The number of benzene rings is 2. The fraction of sp³-hybridized carbons (Fsp3) is 0.261. The minimum Gasteiger partial charge on any atom is -0.338 e. The number of hydrogen-bond acceptors (Lipinski definition) is 4. The lowest BCUT2D eigenvalue weighted by Crippen LogP contribution is -2.34. The zero-order valence-electron chi connectivity index (χ0n) is 15.9. The second kappa shape index (κ2) is 8.76. The fourth-order valence-electron chi connectivity index (χ4n) is 3.50. The molecule has 28 heavy (non-hydrogen) atoms. The first-order valence-electron chi connectivity index (χ1n) is 9.73. The predicted molar refractivity (Wildman–Crippen MR) is 111 cm³/mol. The second-order valence-corrected chi connectivity index (χ2v) is 7.06. The molecule has 2 heterocycles. The summed E-state index contributed by atoms with van der Waals surface area (Å²) in [5.74, 6) is 0.0384. The van der Waals surface area contributed by atoms with Gasteiger partial charge in [-0.3, -0.25) is 14.7 Å². The van der Waals surface area contributed by atoms with E-state index in [1.165, 1.54) is 5.56 Å². The highest BCUT2D eigenvalue weighted by molar-refractivity contribution is 5.91. The number of aromatic nitrogens is 2. The Balaban J connectivity index is 1.35. The number of para-hydroxylation sites is 2. The number of nitrogens with zero attached hydrogens (tertiary/aromatic N) is 4. The Bertz CT molecular complexity index is 971. The minimum absolute atomic E-state index is 0.0384. The van der Waals surface area contributed by atoms with Crippen molar-refractivity contribution in [2.75, 3.05) is 26.2 Å². The van der Waals surface area contributed by atoms with Crippen molar-refractivity contribution in [3.8, 4) is 0 Å². The molecule has 0 aliphatic carbocycles. The molecule has 4 rings (SSSR count). The molecule has 5 heteroatoms. The highest BCUT2D eigenvalue weighted by Crippen LogP contribution is 2.11. The van der Waals surface area contributed by atoms with Gasteiger partial charge in [-0.1, -0.05) is 42.5 Å². The molecule has 2 aromatic carbocycles. The standard InChI is InChI=1S/C23H24N4O/c28-23(12-11-20-17-24-21-9-4-5-10-22(21)25-20)27-14-6-13-26(15-16-27)18-19-7-2-1-3-8-19/h1-5,7-12,17H,6,13-16,18H2/b12-11+. The molecular weight excluding hydrogens is 348 g/mol. The Hall–Kier alpha value is -3.05. The van der Waals surface area contributed by atoms with Crippen molar-refractivity contribution in [3.05, 3.63) is 78.1 Å². The van der Waals surface area contributed by atoms with Gasteiger partial charge in [-0.15, -0.1) is 0 Å². The van der Waals surface area contributed by atoms with Gasteiger partial charge in [-0.25, -0.2) is 4.98 Å². The summed E-state index contributed by atoms with van der Waals surface area (Å²) in [7, 11) is 0. The number of amides is 1. The van der Waals surface area contributed by atoms with Gasteiger partial charge in [-0.2, -0.15) is 0 Å². The lowest BCUT2D eigenvalue weighted by molar-refractivity contribution is -0.125. The van der Waals surface area contributed by atoms with E-state index in [4.69, 9.17) is 0 Å². The Morgan fingerprint density at radius 2 is 1.71 bits per heavy atom. The van der Waals surface area contributed by atoms with E-state index in [0.29, 0.717) is 5.69 Å². The number of carbonyl (C=O) groups is 1. The van der Waals surface area contributed by atoms with Crippen molar-refractivity contribution in [1.82, 2.24) is 19.8 Å². The van der Waals surface area contributed by atoms with Gasteiger partial charge in [0.15, 0.2) is 0 Å². The van der Waals surface area contributed by atoms with E-state index >= 15 is 0 Å². The highest BCUT2D eigenvalue weighted by Gasteiger charge is 2.17. The highest BCUT2D eigenvalue weighted by atomic mass is 16.2. The summed E-state index contributed by atoms with van der Waals surface area (Å²) in [6.07, 6.45) is 6.07. The fourth-order valence-corrected chi connectivity index (χ4v) is 3.50. The van der Waals surface area contributed by atoms with Gasteiger partial charge >= 0.3 is 0 Å². The summed E-state index contributed by atoms with van der Waals surface area (Å²) in [5, 5.41) is 0. The van der Waals surface area contributed by atoms with Crippen molar-refractivity contribution >= 4 is 23.0 Å². The first-order valence-corrected chi connectivity index (χ1v) is 9.73. The van der Waals surface area contributed by atoms with Gasteiger partial charge in [0.25, 0.3) is 0 Å². The number of fused-ring (bicyclic) bond motifs is 1. The Kier molecular flexibility index (Phi) is 5.73. The molecule has 1 aliphatic heterocycles. The summed E-state index contributed by atoms with van der Waals surface area (Å²) < 4.78 is 0. The Morgan fingerprint density at radius 1 is 0.929 bits per heavy atom. The van der Waals surface area contributed by atoms with Crippen LogP contribution >= 0.6 is 0 Å². The monoisotopic (exact) mass is 372 g/mol.